The summed E-state index contributed by atoms with van der Waals surface area (Å²) >= 11 is 0. The largest absolute Gasteiger partial charge is 0.490 e. The molecule has 4 nitrogen and oxygen atoms in total. The third kappa shape index (κ3) is 5.41. The van der Waals surface area contributed by atoms with E-state index in [1.165, 1.54) is 0 Å². The molecule has 1 rings (SSSR count). The number of para-hydroxylation sites is 1. The van der Waals surface area contributed by atoms with Gasteiger partial charge in [0.25, 0.3) is 0 Å². The standard InChI is InChI=1S/C15H22O4/c1-12(18-3)8-9-14(16)13-6-4-5-7-15(13)19-11-10-17-2/h4-7,12H,8-11H2,1-3H3. The number of ether oxygens (including phenoxy) is 3. The van der Waals surface area contributed by atoms with Crippen molar-refractivity contribution in [3.63, 3.8) is 0 Å². The van der Waals surface area contributed by atoms with Crippen LogP contribution in [0.25, 0.3) is 0 Å². The van der Waals surface area contributed by atoms with E-state index < -0.39 is 0 Å². The summed E-state index contributed by atoms with van der Waals surface area (Å²) in [6, 6.07) is 7.30. The van der Waals surface area contributed by atoms with Gasteiger partial charge in [-0.15, -0.1) is 0 Å². The average molecular weight is 266 g/mol. The molecule has 0 bridgehead atoms. The summed E-state index contributed by atoms with van der Waals surface area (Å²) in [4.78, 5) is 12.2. The lowest BCUT2D eigenvalue weighted by Gasteiger charge is -2.12. The molecule has 0 amide bonds. The predicted octanol–water partition coefficient (Wildman–Crippen LogP) is 2.71. The predicted molar refractivity (Wildman–Crippen MR) is 73.8 cm³/mol. The third-order valence-corrected chi connectivity index (χ3v) is 2.91. The number of benzene rings is 1. The zero-order valence-electron chi connectivity index (χ0n) is 11.8. The van der Waals surface area contributed by atoms with Crippen molar-refractivity contribution in [3.8, 4) is 5.75 Å². The van der Waals surface area contributed by atoms with Crippen molar-refractivity contribution in [2.75, 3.05) is 27.4 Å². The van der Waals surface area contributed by atoms with Gasteiger partial charge in [0.2, 0.25) is 0 Å². The molecule has 0 aromatic heterocycles. The molecule has 4 heteroatoms. The molecule has 1 atom stereocenters. The molecule has 1 unspecified atom stereocenters. The molecular formula is C15H22O4. The molecule has 0 fully saturated rings. The molecule has 106 valence electrons. The van der Waals surface area contributed by atoms with Gasteiger partial charge in [0.1, 0.15) is 12.4 Å². The van der Waals surface area contributed by atoms with Crippen molar-refractivity contribution in [2.45, 2.75) is 25.9 Å². The van der Waals surface area contributed by atoms with E-state index in [1.54, 1.807) is 20.3 Å². The number of carbonyl (C=O) groups is 1. The number of ketones is 1. The summed E-state index contributed by atoms with van der Waals surface area (Å²) in [5.41, 5.74) is 0.627. The minimum absolute atomic E-state index is 0.0805. The van der Waals surface area contributed by atoms with Gasteiger partial charge < -0.3 is 14.2 Å². The van der Waals surface area contributed by atoms with Gasteiger partial charge in [-0.2, -0.15) is 0 Å². The van der Waals surface area contributed by atoms with Crippen molar-refractivity contribution >= 4 is 5.78 Å². The Bertz CT molecular complexity index is 389. The van der Waals surface area contributed by atoms with E-state index in [-0.39, 0.29) is 11.9 Å². The fourth-order valence-electron chi connectivity index (χ4n) is 1.64. The highest BCUT2D eigenvalue weighted by Crippen LogP contribution is 2.20. The highest BCUT2D eigenvalue weighted by Gasteiger charge is 2.13. The highest BCUT2D eigenvalue weighted by molar-refractivity contribution is 5.98. The second-order valence-electron chi connectivity index (χ2n) is 4.35. The fraction of sp³-hybridized carbons (Fsp3) is 0.533. The first-order valence-electron chi connectivity index (χ1n) is 6.45. The smallest absolute Gasteiger partial charge is 0.166 e. The second kappa shape index (κ2) is 8.67. The zero-order chi connectivity index (χ0) is 14.1. The van der Waals surface area contributed by atoms with Gasteiger partial charge in [-0.1, -0.05) is 12.1 Å². The van der Waals surface area contributed by atoms with E-state index in [0.29, 0.717) is 37.4 Å². The summed E-state index contributed by atoms with van der Waals surface area (Å²) in [5.74, 6) is 0.700. The summed E-state index contributed by atoms with van der Waals surface area (Å²) < 4.78 is 15.6. The first-order valence-corrected chi connectivity index (χ1v) is 6.45. The number of methoxy groups -OCH3 is 2. The van der Waals surface area contributed by atoms with E-state index >= 15 is 0 Å². The maximum atomic E-state index is 12.2. The molecule has 19 heavy (non-hydrogen) atoms. The van der Waals surface area contributed by atoms with Crippen LogP contribution in [0.3, 0.4) is 0 Å². The van der Waals surface area contributed by atoms with Crippen LogP contribution in [0.1, 0.15) is 30.1 Å². The van der Waals surface area contributed by atoms with Crippen molar-refractivity contribution in [2.24, 2.45) is 0 Å². The van der Waals surface area contributed by atoms with Crippen LogP contribution in [0.5, 0.6) is 5.75 Å². The van der Waals surface area contributed by atoms with Crippen LogP contribution >= 0.6 is 0 Å². The van der Waals surface area contributed by atoms with Crippen LogP contribution < -0.4 is 4.74 Å². The maximum Gasteiger partial charge on any atom is 0.166 e. The van der Waals surface area contributed by atoms with Crippen LogP contribution in [-0.4, -0.2) is 39.3 Å². The minimum Gasteiger partial charge on any atom is -0.490 e. The van der Waals surface area contributed by atoms with Crippen LogP contribution in [0.15, 0.2) is 24.3 Å². The molecule has 0 spiro atoms. The van der Waals surface area contributed by atoms with Gasteiger partial charge in [-0.3, -0.25) is 4.79 Å². The Labute approximate surface area is 114 Å². The van der Waals surface area contributed by atoms with Crippen LogP contribution in [0.2, 0.25) is 0 Å². The van der Waals surface area contributed by atoms with Gasteiger partial charge in [-0.05, 0) is 25.5 Å². The molecule has 0 radical (unpaired) electrons. The Morgan fingerprint density at radius 2 is 1.95 bits per heavy atom. The van der Waals surface area contributed by atoms with Crippen LogP contribution in [0, 0.1) is 0 Å². The van der Waals surface area contributed by atoms with Gasteiger partial charge in [0.15, 0.2) is 5.78 Å². The molecule has 1 aromatic rings. The topological polar surface area (TPSA) is 44.8 Å². The normalized spacial score (nSPS) is 12.2. The van der Waals surface area contributed by atoms with Crippen molar-refractivity contribution in [1.82, 2.24) is 0 Å². The van der Waals surface area contributed by atoms with Gasteiger partial charge in [0.05, 0.1) is 18.3 Å². The quantitative estimate of drug-likeness (QED) is 0.509. The van der Waals surface area contributed by atoms with E-state index in [2.05, 4.69) is 0 Å². The van der Waals surface area contributed by atoms with Gasteiger partial charge >= 0.3 is 0 Å². The van der Waals surface area contributed by atoms with Crippen LogP contribution in [-0.2, 0) is 9.47 Å². The molecular weight excluding hydrogens is 244 g/mol. The van der Waals surface area contributed by atoms with Gasteiger partial charge in [0, 0.05) is 20.6 Å². The lowest BCUT2D eigenvalue weighted by Crippen LogP contribution is -2.11. The van der Waals surface area contributed by atoms with E-state index in [0.717, 1.165) is 0 Å². The lowest BCUT2D eigenvalue weighted by atomic mass is 10.0. The lowest BCUT2D eigenvalue weighted by molar-refractivity contribution is 0.0872. The second-order valence-corrected chi connectivity index (χ2v) is 4.35. The van der Waals surface area contributed by atoms with Crippen molar-refractivity contribution in [3.05, 3.63) is 29.8 Å². The molecule has 0 N–H and O–H groups in total. The Hall–Kier alpha value is -1.39. The molecule has 0 aliphatic rings. The van der Waals surface area contributed by atoms with Crippen LogP contribution in [0.4, 0.5) is 0 Å². The number of hydrogen-bond donors (Lipinski definition) is 0. The summed E-state index contributed by atoms with van der Waals surface area (Å²) in [7, 11) is 3.27. The molecule has 1 aromatic carbocycles. The van der Waals surface area contributed by atoms with Gasteiger partial charge in [-0.25, -0.2) is 0 Å². The molecule has 0 saturated heterocycles. The Balaban J connectivity index is 2.62. The zero-order valence-corrected chi connectivity index (χ0v) is 11.8. The monoisotopic (exact) mass is 266 g/mol. The van der Waals surface area contributed by atoms with Crippen molar-refractivity contribution < 1.29 is 19.0 Å². The van der Waals surface area contributed by atoms with E-state index in [9.17, 15) is 4.79 Å². The first kappa shape index (κ1) is 15.7. The molecule has 0 aliphatic carbocycles. The average Bonchev–Trinajstić information content (AvgIpc) is 2.45. The minimum atomic E-state index is 0.0805. The summed E-state index contributed by atoms with van der Waals surface area (Å²) in [6.45, 7) is 2.90. The van der Waals surface area contributed by atoms with E-state index in [1.807, 2.05) is 25.1 Å². The SMILES string of the molecule is COCCOc1ccccc1C(=O)CCC(C)OC. The molecule has 0 saturated carbocycles. The Kier molecular flexibility index (Phi) is 7.15. The van der Waals surface area contributed by atoms with E-state index in [4.69, 9.17) is 14.2 Å². The number of hydrogen-bond acceptors (Lipinski definition) is 4. The summed E-state index contributed by atoms with van der Waals surface area (Å²) in [6.07, 6.45) is 1.26. The first-order chi connectivity index (χ1) is 9.19. The molecule has 0 heterocycles. The Morgan fingerprint density at radius 1 is 1.21 bits per heavy atom. The number of carbonyl (C=O) groups excluding carboxylic acids is 1. The Morgan fingerprint density at radius 3 is 2.63 bits per heavy atom. The van der Waals surface area contributed by atoms with Crippen molar-refractivity contribution in [1.29, 1.82) is 0 Å². The highest BCUT2D eigenvalue weighted by atomic mass is 16.5. The summed E-state index contributed by atoms with van der Waals surface area (Å²) in [5, 5.41) is 0. The molecule has 0 aliphatic heterocycles. The fourth-order valence-corrected chi connectivity index (χ4v) is 1.64. The number of Topliss-reactive ketones (excluding diaryl/α,β-unsaturated/α-hetero) is 1. The number of rotatable bonds is 9. The third-order valence-electron chi connectivity index (χ3n) is 2.91. The maximum absolute atomic E-state index is 12.2.